The highest BCUT2D eigenvalue weighted by atomic mass is 31.2. The number of rotatable bonds is 10. The summed E-state index contributed by atoms with van der Waals surface area (Å²) in [5.41, 5.74) is 5.97. The molecule has 2 fully saturated rings. The SMILES string of the molecule is CC(C)[C@H](N)C(=O)N1CCC[C@H]1C(=O)CC[C@@H](O)CP(=O)(O)CC1CCCCC1. The molecular weight excluding hydrogens is 391 g/mol. The van der Waals surface area contributed by atoms with Gasteiger partial charge < -0.3 is 20.6 Å². The van der Waals surface area contributed by atoms with Gasteiger partial charge in [-0.2, -0.15) is 0 Å². The molecular formula is C21H39N2O5P. The zero-order valence-electron chi connectivity index (χ0n) is 18.0. The summed E-state index contributed by atoms with van der Waals surface area (Å²) in [5, 5.41) is 10.3. The summed E-state index contributed by atoms with van der Waals surface area (Å²) in [6.45, 7) is 4.30. The van der Waals surface area contributed by atoms with Crippen LogP contribution in [0.5, 0.6) is 0 Å². The van der Waals surface area contributed by atoms with Gasteiger partial charge >= 0.3 is 0 Å². The molecule has 2 aliphatic rings. The molecule has 1 saturated carbocycles. The largest absolute Gasteiger partial charge is 0.393 e. The van der Waals surface area contributed by atoms with Crippen molar-refractivity contribution in [2.24, 2.45) is 17.6 Å². The van der Waals surface area contributed by atoms with Crippen molar-refractivity contribution in [3.8, 4) is 0 Å². The predicted octanol–water partition coefficient (Wildman–Crippen LogP) is 2.52. The Labute approximate surface area is 174 Å². The summed E-state index contributed by atoms with van der Waals surface area (Å²) in [5.74, 6) is -0.00479. The number of aliphatic hydroxyl groups is 1. The van der Waals surface area contributed by atoms with Crippen LogP contribution in [0.4, 0.5) is 0 Å². The molecule has 0 aromatic heterocycles. The van der Waals surface area contributed by atoms with Crippen LogP contribution in [0.15, 0.2) is 0 Å². The summed E-state index contributed by atoms with van der Waals surface area (Å²) in [6.07, 6.45) is 6.19. The Morgan fingerprint density at radius 3 is 2.41 bits per heavy atom. The number of Topliss-reactive ketones (excluding diaryl/α,β-unsaturated/α-hetero) is 1. The average molecular weight is 431 g/mol. The van der Waals surface area contributed by atoms with Crippen LogP contribution in [0, 0.1) is 11.8 Å². The Morgan fingerprint density at radius 1 is 1.14 bits per heavy atom. The van der Waals surface area contributed by atoms with E-state index in [0.29, 0.717) is 13.0 Å². The summed E-state index contributed by atoms with van der Waals surface area (Å²) in [4.78, 5) is 37.1. The Bertz CT molecular complexity index is 606. The molecule has 1 aliphatic heterocycles. The van der Waals surface area contributed by atoms with Gasteiger partial charge in [-0.1, -0.05) is 33.1 Å². The van der Waals surface area contributed by atoms with Crippen molar-refractivity contribution in [2.45, 2.75) is 89.8 Å². The fraction of sp³-hybridized carbons (Fsp3) is 0.905. The Morgan fingerprint density at radius 2 is 1.79 bits per heavy atom. The third-order valence-electron chi connectivity index (χ3n) is 6.40. The molecule has 0 radical (unpaired) electrons. The van der Waals surface area contributed by atoms with Gasteiger partial charge in [0.2, 0.25) is 13.3 Å². The smallest absolute Gasteiger partial charge is 0.240 e. The number of nitrogens with zero attached hydrogens (tertiary/aromatic N) is 1. The normalized spacial score (nSPS) is 25.0. The van der Waals surface area contributed by atoms with E-state index in [-0.39, 0.29) is 48.7 Å². The lowest BCUT2D eigenvalue weighted by Gasteiger charge is -2.28. The third-order valence-corrected chi connectivity index (χ3v) is 8.48. The maximum absolute atomic E-state index is 12.7. The average Bonchev–Trinajstić information content (AvgIpc) is 3.14. The lowest BCUT2D eigenvalue weighted by Crippen LogP contribution is -2.50. The summed E-state index contributed by atoms with van der Waals surface area (Å²) >= 11 is 0. The van der Waals surface area contributed by atoms with Gasteiger partial charge in [0.05, 0.1) is 24.3 Å². The highest BCUT2D eigenvalue weighted by molar-refractivity contribution is 7.58. The van der Waals surface area contributed by atoms with Crippen molar-refractivity contribution in [1.82, 2.24) is 4.90 Å². The van der Waals surface area contributed by atoms with Crippen LogP contribution in [0.25, 0.3) is 0 Å². The standard InChI is InChI=1S/C21H39N2O5P/c1-15(2)20(22)21(26)23-12-6-9-18(23)19(25)11-10-17(24)14-29(27,28)13-16-7-4-3-5-8-16/h15-18,20,24H,3-14,22H2,1-2H3,(H,27,28)/t17-,18+,20+/m1/s1. The number of ketones is 1. The molecule has 29 heavy (non-hydrogen) atoms. The fourth-order valence-corrected chi connectivity index (χ4v) is 6.75. The lowest BCUT2D eigenvalue weighted by molar-refractivity contribution is -0.139. The van der Waals surface area contributed by atoms with Gasteiger partial charge in [0, 0.05) is 19.1 Å². The summed E-state index contributed by atoms with van der Waals surface area (Å²) < 4.78 is 12.5. The van der Waals surface area contributed by atoms with Gasteiger partial charge in [-0.25, -0.2) is 0 Å². The van der Waals surface area contributed by atoms with Crippen LogP contribution in [0.2, 0.25) is 0 Å². The third kappa shape index (κ3) is 7.46. The number of hydrogen-bond donors (Lipinski definition) is 3. The van der Waals surface area contributed by atoms with Crippen LogP contribution in [0.3, 0.4) is 0 Å². The first-order valence-corrected chi connectivity index (χ1v) is 13.2. The molecule has 168 valence electrons. The number of hydrogen-bond acceptors (Lipinski definition) is 5. The van der Waals surface area contributed by atoms with Crippen molar-refractivity contribution in [3.63, 3.8) is 0 Å². The van der Waals surface area contributed by atoms with E-state index < -0.39 is 25.6 Å². The van der Waals surface area contributed by atoms with Crippen LogP contribution in [-0.2, 0) is 14.2 Å². The Hall–Kier alpha value is -0.750. The fourth-order valence-electron chi connectivity index (χ4n) is 4.59. The van der Waals surface area contributed by atoms with E-state index in [9.17, 15) is 24.2 Å². The van der Waals surface area contributed by atoms with Crippen molar-refractivity contribution in [1.29, 1.82) is 0 Å². The molecule has 4 atom stereocenters. The molecule has 7 nitrogen and oxygen atoms in total. The van der Waals surface area contributed by atoms with E-state index in [4.69, 9.17) is 5.73 Å². The van der Waals surface area contributed by atoms with E-state index in [2.05, 4.69) is 0 Å². The van der Waals surface area contributed by atoms with E-state index in [1.165, 1.54) is 6.42 Å². The molecule has 0 bridgehead atoms. The van der Waals surface area contributed by atoms with Crippen molar-refractivity contribution >= 4 is 19.1 Å². The zero-order chi connectivity index (χ0) is 21.6. The number of amides is 1. The second kappa shape index (κ2) is 11.0. The quantitative estimate of drug-likeness (QED) is 0.458. The molecule has 1 heterocycles. The summed E-state index contributed by atoms with van der Waals surface area (Å²) in [6, 6.07) is -1.10. The molecule has 1 saturated heterocycles. The number of nitrogens with two attached hydrogens (primary N) is 1. The van der Waals surface area contributed by atoms with E-state index in [1.54, 1.807) is 4.90 Å². The van der Waals surface area contributed by atoms with Crippen molar-refractivity contribution in [2.75, 3.05) is 18.9 Å². The molecule has 0 aromatic carbocycles. The molecule has 1 aliphatic carbocycles. The second-order valence-corrected chi connectivity index (χ2v) is 11.8. The van der Waals surface area contributed by atoms with E-state index >= 15 is 0 Å². The van der Waals surface area contributed by atoms with Gasteiger partial charge in [0.1, 0.15) is 0 Å². The number of carbonyl (C=O) groups excluding carboxylic acids is 2. The first-order valence-electron chi connectivity index (χ1n) is 11.2. The first kappa shape index (κ1) is 24.5. The maximum Gasteiger partial charge on any atom is 0.240 e. The van der Waals surface area contributed by atoms with Gasteiger partial charge in [-0.15, -0.1) is 0 Å². The van der Waals surface area contributed by atoms with Gasteiger partial charge in [-0.3, -0.25) is 14.2 Å². The van der Waals surface area contributed by atoms with Crippen LogP contribution in [-0.4, -0.2) is 63.6 Å². The Kier molecular flexibility index (Phi) is 9.33. The number of aliphatic hydroxyl groups excluding tert-OH is 1. The van der Waals surface area contributed by atoms with E-state index in [1.807, 2.05) is 13.8 Å². The predicted molar refractivity (Wildman–Crippen MR) is 114 cm³/mol. The monoisotopic (exact) mass is 430 g/mol. The van der Waals surface area contributed by atoms with Crippen molar-refractivity contribution < 1.29 is 24.2 Å². The highest BCUT2D eigenvalue weighted by Gasteiger charge is 2.37. The molecule has 4 N–H and O–H groups in total. The van der Waals surface area contributed by atoms with Crippen LogP contribution >= 0.6 is 7.37 Å². The minimum absolute atomic E-state index is 0.00327. The number of likely N-dealkylation sites (tertiary alicyclic amines) is 1. The zero-order valence-corrected chi connectivity index (χ0v) is 18.9. The van der Waals surface area contributed by atoms with Gasteiger partial charge in [0.25, 0.3) is 0 Å². The van der Waals surface area contributed by atoms with Gasteiger partial charge in [0.15, 0.2) is 5.78 Å². The van der Waals surface area contributed by atoms with Crippen LogP contribution < -0.4 is 5.73 Å². The molecule has 0 spiro atoms. The first-order chi connectivity index (χ1) is 13.6. The minimum atomic E-state index is -3.40. The molecule has 8 heteroatoms. The highest BCUT2D eigenvalue weighted by Crippen LogP contribution is 2.46. The van der Waals surface area contributed by atoms with E-state index in [0.717, 1.165) is 32.1 Å². The Balaban J connectivity index is 1.81. The molecule has 2 rings (SSSR count). The minimum Gasteiger partial charge on any atom is -0.393 e. The maximum atomic E-state index is 12.7. The topological polar surface area (TPSA) is 121 Å². The number of carbonyl (C=O) groups is 2. The molecule has 1 amide bonds. The lowest BCUT2D eigenvalue weighted by atomic mass is 9.91. The van der Waals surface area contributed by atoms with Crippen LogP contribution in [0.1, 0.15) is 71.6 Å². The molecule has 1 unspecified atom stereocenters. The molecule has 0 aromatic rings. The second-order valence-electron chi connectivity index (χ2n) is 9.33. The summed E-state index contributed by atoms with van der Waals surface area (Å²) in [7, 11) is -3.40. The van der Waals surface area contributed by atoms with Gasteiger partial charge in [-0.05, 0) is 43.9 Å². The van der Waals surface area contributed by atoms with Crippen molar-refractivity contribution in [3.05, 3.63) is 0 Å².